The molecule has 0 atom stereocenters. The van der Waals surface area contributed by atoms with Crippen LogP contribution < -0.4 is 0 Å². The summed E-state index contributed by atoms with van der Waals surface area (Å²) in [6.45, 7) is 2.73. The Kier molecular flexibility index (Phi) is 8.92. The fraction of sp³-hybridized carbons (Fsp3) is 1.00. The van der Waals surface area contributed by atoms with Gasteiger partial charge in [-0.05, 0) is 19.1 Å². The molecule has 0 aliphatic rings. The van der Waals surface area contributed by atoms with Crippen LogP contribution in [0.2, 0.25) is 0 Å². The van der Waals surface area contributed by atoms with Crippen molar-refractivity contribution in [2.45, 2.75) is 32.4 Å². The van der Waals surface area contributed by atoms with E-state index >= 15 is 0 Å². The van der Waals surface area contributed by atoms with Crippen LogP contribution in [0.15, 0.2) is 0 Å². The van der Waals surface area contributed by atoms with Gasteiger partial charge in [0.1, 0.15) is 0 Å². The summed E-state index contributed by atoms with van der Waals surface area (Å²) in [4.78, 5) is 28.2. The molecule has 0 saturated heterocycles. The van der Waals surface area contributed by atoms with Crippen molar-refractivity contribution in [3.8, 4) is 0 Å². The highest BCUT2D eigenvalue weighted by Gasteiger charge is 2.45. The number of hydroxylamine groups is 2. The van der Waals surface area contributed by atoms with Gasteiger partial charge in [-0.1, -0.05) is 0 Å². The highest BCUT2D eigenvalue weighted by Crippen LogP contribution is 2.45. The molecule has 0 bridgehead atoms. The summed E-state index contributed by atoms with van der Waals surface area (Å²) in [6.07, 6.45) is -0.419. The topological polar surface area (TPSA) is 129 Å². The molecule has 0 aromatic rings. The number of hydrogen-bond donors (Lipinski definition) is 4. The zero-order valence-electron chi connectivity index (χ0n) is 11.1. The van der Waals surface area contributed by atoms with Crippen LogP contribution in [0.3, 0.4) is 0 Å². The monoisotopic (exact) mass is 303 g/mol. The normalized spacial score (nSPS) is 13.2. The first-order valence-corrected chi connectivity index (χ1v) is 7.42. The minimum Gasteiger partial charge on any atom is -0.396 e. The molecule has 0 aromatic heterocycles. The Labute approximate surface area is 111 Å². The fourth-order valence-corrected chi connectivity index (χ4v) is 2.20. The van der Waals surface area contributed by atoms with Gasteiger partial charge in [0.25, 0.3) is 0 Å². The smallest absolute Gasteiger partial charge is 0.396 e. The van der Waals surface area contributed by atoms with E-state index in [9.17, 15) is 4.57 Å². The van der Waals surface area contributed by atoms with Crippen LogP contribution in [0.5, 0.6) is 0 Å². The molecule has 0 aromatic carbocycles. The van der Waals surface area contributed by atoms with Gasteiger partial charge < -0.3 is 20.0 Å². The highest BCUT2D eigenvalue weighted by molar-refractivity contribution is 7.46. The lowest BCUT2D eigenvalue weighted by molar-refractivity contribution is -0.450. The summed E-state index contributed by atoms with van der Waals surface area (Å²) < 4.78 is 15.8. The first-order valence-electron chi connectivity index (χ1n) is 5.89. The van der Waals surface area contributed by atoms with Crippen molar-refractivity contribution in [1.29, 1.82) is 0 Å². The minimum atomic E-state index is -4.87. The van der Waals surface area contributed by atoms with Crippen LogP contribution in [-0.2, 0) is 18.8 Å². The molecule has 0 unspecified atom stereocenters. The summed E-state index contributed by atoms with van der Waals surface area (Å²) in [7, 11) is -4.87. The quantitative estimate of drug-likeness (QED) is 0.232. The first kappa shape index (κ1) is 18.9. The third-order valence-electron chi connectivity index (χ3n) is 2.12. The summed E-state index contributed by atoms with van der Waals surface area (Å²) in [5.41, 5.74) is -1.77. The second-order valence-corrected chi connectivity index (χ2v) is 4.73. The molecular formula is C9H22NO8P. The number of hydrogen-bond acceptors (Lipinski definition) is 7. The van der Waals surface area contributed by atoms with Crippen molar-refractivity contribution in [3.63, 3.8) is 0 Å². The third kappa shape index (κ3) is 6.75. The molecule has 19 heavy (non-hydrogen) atoms. The van der Waals surface area contributed by atoms with Gasteiger partial charge in [0.2, 0.25) is 0 Å². The standard InChI is InChI=1S/C9H22NO8P/c1-3-16-10(17-4-2)9(5-7-11,6-8-12)18-19(13,14)15/h11-12H,3-8H2,1-2H3,(H2,13,14,15). The summed E-state index contributed by atoms with van der Waals surface area (Å²) in [6, 6.07) is 0. The molecular weight excluding hydrogens is 281 g/mol. The van der Waals surface area contributed by atoms with Gasteiger partial charge >= 0.3 is 7.82 Å². The molecule has 0 aliphatic carbocycles. The average Bonchev–Trinajstić information content (AvgIpc) is 2.27. The molecule has 0 spiro atoms. The van der Waals surface area contributed by atoms with Gasteiger partial charge in [-0.3, -0.25) is 14.2 Å². The SMILES string of the molecule is CCON(OCC)C(CCO)(CCO)OP(=O)(O)O. The van der Waals surface area contributed by atoms with E-state index < -0.39 is 26.8 Å². The molecule has 0 saturated carbocycles. The Morgan fingerprint density at radius 3 is 1.74 bits per heavy atom. The van der Waals surface area contributed by atoms with Crippen molar-refractivity contribution in [2.24, 2.45) is 0 Å². The molecule has 0 aliphatic heterocycles. The lowest BCUT2D eigenvalue weighted by Crippen LogP contribution is -2.51. The van der Waals surface area contributed by atoms with Crippen molar-refractivity contribution in [3.05, 3.63) is 0 Å². The van der Waals surface area contributed by atoms with E-state index in [1.807, 2.05) is 0 Å². The van der Waals surface area contributed by atoms with Crippen LogP contribution in [0.1, 0.15) is 26.7 Å². The minimum absolute atomic E-state index is 0.156. The number of aliphatic hydroxyl groups excluding tert-OH is 2. The van der Waals surface area contributed by atoms with Gasteiger partial charge in [0.15, 0.2) is 5.72 Å². The van der Waals surface area contributed by atoms with Crippen LogP contribution in [0, 0.1) is 0 Å². The van der Waals surface area contributed by atoms with Crippen molar-refractivity contribution < 1.29 is 38.8 Å². The Hall–Kier alpha value is -0.0900. The number of aliphatic hydroxyl groups is 2. The second-order valence-electron chi connectivity index (χ2n) is 3.57. The number of nitrogens with zero attached hydrogens (tertiary/aromatic N) is 1. The van der Waals surface area contributed by atoms with E-state index in [0.717, 1.165) is 5.23 Å². The maximum absolute atomic E-state index is 11.1. The molecule has 0 rings (SSSR count). The van der Waals surface area contributed by atoms with E-state index in [1.165, 1.54) is 0 Å². The number of rotatable bonds is 11. The zero-order chi connectivity index (χ0) is 14.9. The second kappa shape index (κ2) is 8.96. The van der Waals surface area contributed by atoms with E-state index in [1.54, 1.807) is 13.8 Å². The Morgan fingerprint density at radius 2 is 1.47 bits per heavy atom. The Balaban J connectivity index is 5.29. The van der Waals surface area contributed by atoms with Crippen molar-refractivity contribution in [1.82, 2.24) is 5.23 Å². The van der Waals surface area contributed by atoms with Gasteiger partial charge in [-0.15, -0.1) is 0 Å². The number of phosphoric acid groups is 1. The van der Waals surface area contributed by atoms with Crippen LogP contribution in [0.25, 0.3) is 0 Å². The van der Waals surface area contributed by atoms with E-state index in [4.69, 9.17) is 34.2 Å². The van der Waals surface area contributed by atoms with Gasteiger partial charge in [0, 0.05) is 26.1 Å². The molecule has 0 heterocycles. The number of phosphoric ester groups is 1. The lowest BCUT2D eigenvalue weighted by atomic mass is 10.1. The average molecular weight is 303 g/mol. The molecule has 0 amide bonds. The van der Waals surface area contributed by atoms with Crippen LogP contribution in [0.4, 0.5) is 0 Å². The lowest BCUT2D eigenvalue weighted by Gasteiger charge is -2.39. The predicted molar refractivity (Wildman–Crippen MR) is 64.4 cm³/mol. The van der Waals surface area contributed by atoms with Crippen molar-refractivity contribution in [2.75, 3.05) is 26.4 Å². The summed E-state index contributed by atoms with van der Waals surface area (Å²) in [5, 5.41) is 18.9. The predicted octanol–water partition coefficient (Wildman–Crippen LogP) is -0.238. The Bertz CT molecular complexity index is 271. The molecule has 116 valence electrons. The summed E-state index contributed by atoms with van der Waals surface area (Å²) >= 11 is 0. The largest absolute Gasteiger partial charge is 0.471 e. The van der Waals surface area contributed by atoms with Crippen molar-refractivity contribution >= 4 is 7.82 Å². The van der Waals surface area contributed by atoms with E-state index in [-0.39, 0.29) is 26.1 Å². The third-order valence-corrected chi connectivity index (χ3v) is 2.70. The molecule has 9 nitrogen and oxygen atoms in total. The molecule has 0 radical (unpaired) electrons. The van der Waals surface area contributed by atoms with Gasteiger partial charge in [-0.25, -0.2) is 4.57 Å². The molecule has 10 heteroatoms. The molecule has 4 N–H and O–H groups in total. The van der Waals surface area contributed by atoms with Crippen LogP contribution >= 0.6 is 7.82 Å². The van der Waals surface area contributed by atoms with E-state index in [0.29, 0.717) is 0 Å². The highest BCUT2D eigenvalue weighted by atomic mass is 31.2. The zero-order valence-corrected chi connectivity index (χ0v) is 12.0. The first-order chi connectivity index (χ1) is 8.85. The van der Waals surface area contributed by atoms with Crippen LogP contribution in [-0.4, -0.2) is 57.4 Å². The maximum Gasteiger partial charge on any atom is 0.471 e. The maximum atomic E-state index is 11.1. The van der Waals surface area contributed by atoms with Gasteiger partial charge in [0.05, 0.1) is 13.2 Å². The van der Waals surface area contributed by atoms with Gasteiger partial charge in [-0.2, -0.15) is 0 Å². The summed E-state index contributed by atoms with van der Waals surface area (Å²) in [5.74, 6) is 0. The Morgan fingerprint density at radius 1 is 1.05 bits per heavy atom. The molecule has 0 fully saturated rings. The van der Waals surface area contributed by atoms with E-state index in [2.05, 4.69) is 0 Å². The fourth-order valence-electron chi connectivity index (χ4n) is 1.51.